The molecule has 0 unspecified atom stereocenters. The number of nitriles is 1. The van der Waals surface area contributed by atoms with Gasteiger partial charge in [-0.3, -0.25) is 4.79 Å². The van der Waals surface area contributed by atoms with E-state index in [-0.39, 0.29) is 18.0 Å². The number of hydrogen-bond acceptors (Lipinski definition) is 4. The molecule has 0 saturated carbocycles. The van der Waals surface area contributed by atoms with Crippen LogP contribution < -0.4 is 0 Å². The van der Waals surface area contributed by atoms with Gasteiger partial charge in [0.05, 0.1) is 24.8 Å². The van der Waals surface area contributed by atoms with E-state index < -0.39 is 18.5 Å². The second-order valence-corrected chi connectivity index (χ2v) is 9.82. The Morgan fingerprint density at radius 1 is 0.857 bits per heavy atom. The number of aliphatic hydroxyl groups excluding tert-OH is 1. The normalized spacial score (nSPS) is 11.9. The van der Waals surface area contributed by atoms with Crippen molar-refractivity contribution in [3.8, 4) is 6.07 Å². The van der Waals surface area contributed by atoms with Crippen LogP contribution in [0.3, 0.4) is 0 Å². The average molecular weight is 490 g/mol. The summed E-state index contributed by atoms with van der Waals surface area (Å²) in [6.07, 6.45) is 21.5. The Morgan fingerprint density at radius 3 is 1.80 bits per heavy atom. The highest BCUT2D eigenvalue weighted by Crippen LogP contribution is 2.15. The molecule has 198 valence electrons. The second-order valence-electron chi connectivity index (χ2n) is 9.82. The first-order valence-corrected chi connectivity index (χ1v) is 14.1. The molecule has 0 radical (unpaired) electrons. The standard InChI is InChI=1S/C30H48FNO3/c1-2-3-4-5-6-7-8-9-10-11-12-13-14-15-16-17-18-19-29(34)30(24-33)35-25-27-20-26(23-32)21-28(31)22-27/h20-22,30,33H,2-19,24-25H2,1H3/t30-/m0/s1. The molecule has 0 amide bonds. The number of carbonyl (C=O) groups is 1. The minimum absolute atomic E-state index is 0.0115. The van der Waals surface area contributed by atoms with E-state index in [2.05, 4.69) is 6.92 Å². The van der Waals surface area contributed by atoms with Gasteiger partial charge in [-0.1, -0.05) is 110 Å². The molecule has 1 rings (SSSR count). The van der Waals surface area contributed by atoms with Crippen LogP contribution in [0.5, 0.6) is 0 Å². The van der Waals surface area contributed by atoms with Crippen molar-refractivity contribution in [2.24, 2.45) is 0 Å². The molecular weight excluding hydrogens is 441 g/mol. The maximum Gasteiger partial charge on any atom is 0.163 e. The Morgan fingerprint density at radius 2 is 1.34 bits per heavy atom. The number of carbonyl (C=O) groups excluding carboxylic acids is 1. The molecule has 1 aromatic rings. The molecule has 5 heteroatoms. The number of rotatable bonds is 23. The smallest absolute Gasteiger partial charge is 0.163 e. The molecule has 0 bridgehead atoms. The highest BCUT2D eigenvalue weighted by Gasteiger charge is 2.18. The lowest BCUT2D eigenvalue weighted by atomic mass is 10.0. The Kier molecular flexibility index (Phi) is 19.2. The van der Waals surface area contributed by atoms with Crippen LogP contribution >= 0.6 is 0 Å². The number of halogens is 1. The fourth-order valence-corrected chi connectivity index (χ4v) is 4.43. The van der Waals surface area contributed by atoms with Crippen molar-refractivity contribution in [3.63, 3.8) is 0 Å². The van der Waals surface area contributed by atoms with E-state index in [0.29, 0.717) is 12.0 Å². The summed E-state index contributed by atoms with van der Waals surface area (Å²) in [6.45, 7) is 1.86. The Labute approximate surface area is 213 Å². The van der Waals surface area contributed by atoms with Crippen LogP contribution in [0.15, 0.2) is 18.2 Å². The largest absolute Gasteiger partial charge is 0.393 e. The lowest BCUT2D eigenvalue weighted by Gasteiger charge is -2.14. The summed E-state index contributed by atoms with van der Waals surface area (Å²) in [5.41, 5.74) is 0.685. The molecule has 0 spiro atoms. The number of ether oxygens (including phenoxy) is 1. The maximum atomic E-state index is 13.5. The van der Waals surface area contributed by atoms with Gasteiger partial charge in [-0.05, 0) is 30.2 Å². The summed E-state index contributed by atoms with van der Waals surface area (Å²) in [5.74, 6) is -0.636. The zero-order chi connectivity index (χ0) is 25.6. The Hall–Kier alpha value is -1.77. The minimum atomic E-state index is -0.898. The van der Waals surface area contributed by atoms with Gasteiger partial charge >= 0.3 is 0 Å². The molecular formula is C30H48FNO3. The van der Waals surface area contributed by atoms with Crippen molar-refractivity contribution in [1.29, 1.82) is 5.26 Å². The van der Waals surface area contributed by atoms with E-state index in [4.69, 9.17) is 10.00 Å². The zero-order valence-corrected chi connectivity index (χ0v) is 22.0. The van der Waals surface area contributed by atoms with Crippen molar-refractivity contribution < 1.29 is 19.0 Å². The molecule has 0 fully saturated rings. The molecule has 1 aromatic carbocycles. The lowest BCUT2D eigenvalue weighted by Crippen LogP contribution is -2.28. The van der Waals surface area contributed by atoms with E-state index in [1.807, 2.05) is 6.07 Å². The number of unbranched alkanes of at least 4 members (excludes halogenated alkanes) is 16. The molecule has 1 atom stereocenters. The minimum Gasteiger partial charge on any atom is -0.393 e. The zero-order valence-electron chi connectivity index (χ0n) is 22.0. The maximum absolute atomic E-state index is 13.5. The number of ketones is 1. The second kappa shape index (κ2) is 21.5. The van der Waals surface area contributed by atoms with Crippen molar-refractivity contribution >= 4 is 5.78 Å². The third kappa shape index (κ3) is 16.5. The summed E-state index contributed by atoms with van der Waals surface area (Å²) in [5, 5.41) is 18.4. The molecule has 0 saturated heterocycles. The first-order valence-electron chi connectivity index (χ1n) is 14.1. The number of Topliss-reactive ketones (excluding diaryl/α,β-unsaturated/α-hetero) is 1. The summed E-state index contributed by atoms with van der Waals surface area (Å²) in [6, 6.07) is 5.84. The highest BCUT2D eigenvalue weighted by molar-refractivity contribution is 5.83. The lowest BCUT2D eigenvalue weighted by molar-refractivity contribution is -0.134. The number of nitrogens with zero attached hydrogens (tertiary/aromatic N) is 1. The molecule has 35 heavy (non-hydrogen) atoms. The number of benzene rings is 1. The summed E-state index contributed by atoms with van der Waals surface area (Å²) in [4.78, 5) is 12.3. The molecule has 0 aromatic heterocycles. The molecule has 0 aliphatic rings. The van der Waals surface area contributed by atoms with Crippen molar-refractivity contribution in [2.45, 2.75) is 135 Å². The number of hydrogen-bond donors (Lipinski definition) is 1. The first-order chi connectivity index (χ1) is 17.1. The van der Waals surface area contributed by atoms with Crippen LogP contribution in [0, 0.1) is 17.1 Å². The van der Waals surface area contributed by atoms with Gasteiger partial charge in [0.15, 0.2) is 5.78 Å². The first kappa shape index (κ1) is 31.3. The van der Waals surface area contributed by atoms with E-state index in [1.54, 1.807) is 0 Å². The van der Waals surface area contributed by atoms with Gasteiger partial charge in [0, 0.05) is 6.42 Å². The van der Waals surface area contributed by atoms with E-state index in [0.717, 1.165) is 25.3 Å². The van der Waals surface area contributed by atoms with Crippen molar-refractivity contribution in [1.82, 2.24) is 0 Å². The molecule has 1 N–H and O–H groups in total. The van der Waals surface area contributed by atoms with Gasteiger partial charge < -0.3 is 9.84 Å². The third-order valence-electron chi connectivity index (χ3n) is 6.59. The SMILES string of the molecule is CCCCCCCCCCCCCCCCCCCC(=O)[C@H](CO)OCc1cc(F)cc(C#N)c1. The Bertz CT molecular complexity index is 716. The van der Waals surface area contributed by atoms with Gasteiger partial charge in [-0.15, -0.1) is 0 Å². The predicted molar refractivity (Wildman–Crippen MR) is 141 cm³/mol. The van der Waals surface area contributed by atoms with Crippen molar-refractivity contribution in [3.05, 3.63) is 35.1 Å². The fraction of sp³-hybridized carbons (Fsp3) is 0.733. The topological polar surface area (TPSA) is 70.3 Å². The average Bonchev–Trinajstić information content (AvgIpc) is 2.85. The van der Waals surface area contributed by atoms with Gasteiger partial charge in [-0.2, -0.15) is 5.26 Å². The van der Waals surface area contributed by atoms with E-state index >= 15 is 0 Å². The van der Waals surface area contributed by atoms with Crippen molar-refractivity contribution in [2.75, 3.05) is 6.61 Å². The van der Waals surface area contributed by atoms with Gasteiger partial charge in [0.2, 0.25) is 0 Å². The van der Waals surface area contributed by atoms with E-state index in [1.165, 1.54) is 102 Å². The van der Waals surface area contributed by atoms with Crippen LogP contribution in [0.2, 0.25) is 0 Å². The molecule has 0 aliphatic heterocycles. The van der Waals surface area contributed by atoms with Gasteiger partial charge in [0.1, 0.15) is 11.9 Å². The van der Waals surface area contributed by atoms with Gasteiger partial charge in [0.25, 0.3) is 0 Å². The predicted octanol–water partition coefficient (Wildman–Crippen LogP) is 8.19. The van der Waals surface area contributed by atoms with Crippen LogP contribution in [0.4, 0.5) is 4.39 Å². The fourth-order valence-electron chi connectivity index (χ4n) is 4.43. The molecule has 4 nitrogen and oxygen atoms in total. The summed E-state index contributed by atoms with van der Waals surface area (Å²) in [7, 11) is 0. The highest BCUT2D eigenvalue weighted by atomic mass is 19.1. The quantitative estimate of drug-likeness (QED) is 0.157. The summed E-state index contributed by atoms with van der Waals surface area (Å²) < 4.78 is 19.0. The van der Waals surface area contributed by atoms with Crippen LogP contribution in [-0.4, -0.2) is 23.6 Å². The molecule has 0 heterocycles. The third-order valence-corrected chi connectivity index (χ3v) is 6.59. The van der Waals surface area contributed by atoms with Crippen LogP contribution in [-0.2, 0) is 16.1 Å². The number of aliphatic hydroxyl groups is 1. The van der Waals surface area contributed by atoms with Gasteiger partial charge in [-0.25, -0.2) is 4.39 Å². The van der Waals surface area contributed by atoms with Crippen LogP contribution in [0.25, 0.3) is 0 Å². The Balaban J connectivity index is 1.97. The molecule has 0 aliphatic carbocycles. The monoisotopic (exact) mass is 489 g/mol. The van der Waals surface area contributed by atoms with E-state index in [9.17, 15) is 14.3 Å². The van der Waals surface area contributed by atoms with Crippen LogP contribution in [0.1, 0.15) is 134 Å². The summed E-state index contributed by atoms with van der Waals surface area (Å²) >= 11 is 0.